The third-order valence-electron chi connectivity index (χ3n) is 3.69. The molecule has 156 valence electrons. The molecule has 0 radical (unpaired) electrons. The molecule has 0 aromatic carbocycles. The van der Waals surface area contributed by atoms with E-state index >= 15 is 0 Å². The molecule has 0 atom stereocenters. The Morgan fingerprint density at radius 2 is 1.38 bits per heavy atom. The summed E-state index contributed by atoms with van der Waals surface area (Å²) in [4.78, 5) is 1.51. The van der Waals surface area contributed by atoms with Crippen molar-refractivity contribution in [1.29, 1.82) is 0 Å². The minimum atomic E-state index is -7.26. The molecule has 0 aliphatic carbocycles. The van der Waals surface area contributed by atoms with Gasteiger partial charge in [-0.2, -0.15) is 43.8 Å². The van der Waals surface area contributed by atoms with E-state index < -0.39 is 39.8 Å². The molecule has 1 rings (SSSR count). The zero-order valence-corrected chi connectivity index (χ0v) is 14.0. The van der Waals surface area contributed by atoms with Gasteiger partial charge in [0.25, 0.3) is 10.0 Å². The molecule has 0 aromatic rings. The Hall–Kier alpha value is -0.800. The fourth-order valence-electron chi connectivity index (χ4n) is 1.95. The number of alkyl halides is 9. The first-order valence-electron chi connectivity index (χ1n) is 6.96. The average molecular weight is 426 g/mol. The SMILES string of the molecule is CN(CCN1CCOCC1)S(=O)(=O)C(F)(F)C(F)(F)C(F)(F)C(F)(F)F. The predicted octanol–water partition coefficient (Wildman–Crippen LogP) is 2.01. The molecule has 0 saturated carbocycles. The highest BCUT2D eigenvalue weighted by molar-refractivity contribution is 7.90. The zero-order valence-electron chi connectivity index (χ0n) is 13.2. The van der Waals surface area contributed by atoms with Crippen LogP contribution in [0.5, 0.6) is 0 Å². The maximum Gasteiger partial charge on any atom is 0.460 e. The molecule has 1 aliphatic rings. The normalized spacial score (nSPS) is 19.2. The Bertz CT molecular complexity index is 588. The second-order valence-corrected chi connectivity index (χ2v) is 7.53. The zero-order chi connectivity index (χ0) is 20.6. The third kappa shape index (κ3) is 3.89. The fourth-order valence-corrected chi connectivity index (χ4v) is 3.11. The molecule has 1 saturated heterocycles. The first kappa shape index (κ1) is 23.2. The minimum Gasteiger partial charge on any atom is -0.379 e. The van der Waals surface area contributed by atoms with Gasteiger partial charge in [-0.25, -0.2) is 8.42 Å². The Morgan fingerprint density at radius 3 is 1.81 bits per heavy atom. The van der Waals surface area contributed by atoms with Gasteiger partial charge in [0.2, 0.25) is 0 Å². The van der Waals surface area contributed by atoms with E-state index in [9.17, 15) is 47.9 Å². The van der Waals surface area contributed by atoms with Gasteiger partial charge in [-0.3, -0.25) is 4.90 Å². The summed E-state index contributed by atoms with van der Waals surface area (Å²) in [6.07, 6.45) is -7.08. The predicted molar refractivity (Wildman–Crippen MR) is 69.7 cm³/mol. The quantitative estimate of drug-likeness (QED) is 0.585. The van der Waals surface area contributed by atoms with Crippen LogP contribution < -0.4 is 0 Å². The van der Waals surface area contributed by atoms with E-state index in [1.165, 1.54) is 4.90 Å². The number of likely N-dealkylation sites (N-methyl/N-ethyl adjacent to an activating group) is 1. The van der Waals surface area contributed by atoms with E-state index in [-0.39, 0.29) is 37.2 Å². The average Bonchev–Trinajstić information content (AvgIpc) is 2.51. The van der Waals surface area contributed by atoms with E-state index in [1.54, 1.807) is 0 Å². The molecule has 15 heteroatoms. The Labute approximate surface area is 142 Å². The van der Waals surface area contributed by atoms with Crippen molar-refractivity contribution in [2.45, 2.75) is 23.3 Å². The van der Waals surface area contributed by atoms with E-state index in [2.05, 4.69) is 0 Å². The second kappa shape index (κ2) is 7.31. The van der Waals surface area contributed by atoms with E-state index in [0.717, 1.165) is 0 Å². The smallest absolute Gasteiger partial charge is 0.379 e. The van der Waals surface area contributed by atoms with Gasteiger partial charge in [0.05, 0.1) is 13.2 Å². The fraction of sp³-hybridized carbons (Fsp3) is 1.00. The van der Waals surface area contributed by atoms with Gasteiger partial charge >= 0.3 is 23.3 Å². The molecular weight excluding hydrogens is 411 g/mol. The molecule has 1 heterocycles. The monoisotopic (exact) mass is 426 g/mol. The lowest BCUT2D eigenvalue weighted by molar-refractivity contribution is -0.382. The summed E-state index contributed by atoms with van der Waals surface area (Å²) >= 11 is 0. The van der Waals surface area contributed by atoms with Crippen molar-refractivity contribution in [3.8, 4) is 0 Å². The second-order valence-electron chi connectivity index (χ2n) is 5.44. The van der Waals surface area contributed by atoms with Crippen LogP contribution in [-0.2, 0) is 14.8 Å². The topological polar surface area (TPSA) is 49.9 Å². The summed E-state index contributed by atoms with van der Waals surface area (Å²) in [5, 5.41) is -6.70. The lowest BCUT2D eigenvalue weighted by Crippen LogP contribution is -2.65. The van der Waals surface area contributed by atoms with Crippen LogP contribution >= 0.6 is 0 Å². The van der Waals surface area contributed by atoms with Crippen molar-refractivity contribution in [1.82, 2.24) is 9.21 Å². The maximum absolute atomic E-state index is 13.6. The standard InChI is InChI=1S/C11H15F9N2O3S/c1-21(2-3-22-4-6-25-7-5-22)26(23,24)11(19,20)9(14,15)8(12,13)10(16,17)18/h2-7H2,1H3. The summed E-state index contributed by atoms with van der Waals surface area (Å²) in [5.41, 5.74) is 0. The summed E-state index contributed by atoms with van der Waals surface area (Å²) in [7, 11) is -6.15. The van der Waals surface area contributed by atoms with Gasteiger partial charge in [-0.15, -0.1) is 0 Å². The van der Waals surface area contributed by atoms with Crippen LogP contribution in [0.3, 0.4) is 0 Å². The number of ether oxygens (including phenoxy) is 1. The number of hydrogen-bond donors (Lipinski definition) is 0. The van der Waals surface area contributed by atoms with Gasteiger partial charge in [0.15, 0.2) is 0 Å². The van der Waals surface area contributed by atoms with Crippen LogP contribution in [0.4, 0.5) is 39.5 Å². The van der Waals surface area contributed by atoms with Crippen molar-refractivity contribution in [3.63, 3.8) is 0 Å². The molecular formula is C11H15F9N2O3S. The summed E-state index contributed by atoms with van der Waals surface area (Å²) in [6, 6.07) is 0. The number of halogens is 9. The Balaban J connectivity index is 3.03. The van der Waals surface area contributed by atoms with Gasteiger partial charge in [-0.05, 0) is 0 Å². The van der Waals surface area contributed by atoms with E-state index in [4.69, 9.17) is 4.74 Å². The highest BCUT2D eigenvalue weighted by atomic mass is 32.2. The molecule has 0 spiro atoms. The molecule has 1 fully saturated rings. The van der Waals surface area contributed by atoms with Crippen LogP contribution in [0.2, 0.25) is 0 Å². The highest BCUT2D eigenvalue weighted by Crippen LogP contribution is 2.55. The Morgan fingerprint density at radius 1 is 0.923 bits per heavy atom. The van der Waals surface area contributed by atoms with Gasteiger partial charge in [0, 0.05) is 33.2 Å². The van der Waals surface area contributed by atoms with Crippen molar-refractivity contribution in [2.75, 3.05) is 46.4 Å². The van der Waals surface area contributed by atoms with E-state index in [0.29, 0.717) is 7.05 Å². The van der Waals surface area contributed by atoms with Crippen LogP contribution in [0.25, 0.3) is 0 Å². The first-order valence-corrected chi connectivity index (χ1v) is 8.40. The number of hydrogen-bond acceptors (Lipinski definition) is 4. The number of sulfonamides is 1. The van der Waals surface area contributed by atoms with Gasteiger partial charge in [0.1, 0.15) is 0 Å². The summed E-state index contributed by atoms with van der Waals surface area (Å²) < 4.78 is 143. The molecule has 1 aliphatic heterocycles. The maximum atomic E-state index is 13.6. The third-order valence-corrected chi connectivity index (χ3v) is 5.59. The first-order chi connectivity index (χ1) is 11.5. The van der Waals surface area contributed by atoms with Crippen molar-refractivity contribution in [2.24, 2.45) is 0 Å². The largest absolute Gasteiger partial charge is 0.460 e. The summed E-state index contributed by atoms with van der Waals surface area (Å²) in [6.45, 7) is -0.0494. The van der Waals surface area contributed by atoms with Crippen LogP contribution in [0.15, 0.2) is 0 Å². The highest BCUT2D eigenvalue weighted by Gasteiger charge is 2.85. The van der Waals surface area contributed by atoms with E-state index in [1.807, 2.05) is 0 Å². The van der Waals surface area contributed by atoms with Crippen molar-refractivity contribution < 1.29 is 52.7 Å². The van der Waals surface area contributed by atoms with Crippen molar-refractivity contribution in [3.05, 3.63) is 0 Å². The van der Waals surface area contributed by atoms with Crippen LogP contribution in [0.1, 0.15) is 0 Å². The van der Waals surface area contributed by atoms with Crippen LogP contribution in [-0.4, -0.2) is 87.3 Å². The van der Waals surface area contributed by atoms with Gasteiger partial charge in [-0.1, -0.05) is 0 Å². The molecule has 5 nitrogen and oxygen atoms in total. The molecule has 0 aromatic heterocycles. The Kier molecular flexibility index (Phi) is 6.54. The summed E-state index contributed by atoms with van der Waals surface area (Å²) in [5.74, 6) is -14.5. The molecule has 0 bridgehead atoms. The molecule has 0 unspecified atom stereocenters. The molecule has 0 amide bonds. The lowest BCUT2D eigenvalue weighted by atomic mass is 10.1. The number of morpholine rings is 1. The van der Waals surface area contributed by atoms with Gasteiger partial charge < -0.3 is 4.74 Å². The molecule has 26 heavy (non-hydrogen) atoms. The van der Waals surface area contributed by atoms with Crippen LogP contribution in [0, 0.1) is 0 Å². The lowest BCUT2D eigenvalue weighted by Gasteiger charge is -2.35. The number of rotatable bonds is 7. The molecule has 0 N–H and O–H groups in total. The minimum absolute atomic E-state index is 0.239. The van der Waals surface area contributed by atoms with Crippen molar-refractivity contribution >= 4 is 10.0 Å². The number of nitrogens with zero attached hydrogens (tertiary/aromatic N) is 2.